The van der Waals surface area contributed by atoms with Crippen LogP contribution in [-0.2, 0) is 22.7 Å². The molecule has 0 fully saturated rings. The van der Waals surface area contributed by atoms with Crippen LogP contribution in [0.15, 0.2) is 200 Å². The summed E-state index contributed by atoms with van der Waals surface area (Å²) in [5.74, 6) is 0. The molecule has 5 aliphatic carbocycles. The van der Waals surface area contributed by atoms with Gasteiger partial charge in [0, 0.05) is 16.2 Å². The summed E-state index contributed by atoms with van der Waals surface area (Å²) in [6.07, 6.45) is 9.08. The van der Waals surface area contributed by atoms with Gasteiger partial charge in [-0.15, -0.1) is 0 Å². The summed E-state index contributed by atoms with van der Waals surface area (Å²) in [5.41, 5.74) is 34.8. The Morgan fingerprint density at radius 2 is 0.685 bits per heavy atom. The molecule has 0 saturated carbocycles. The van der Waals surface area contributed by atoms with Crippen LogP contribution in [0.5, 0.6) is 0 Å². The molecule has 0 N–H and O–H groups in total. The van der Waals surface area contributed by atoms with E-state index in [4.69, 9.17) is 0 Å². The van der Waals surface area contributed by atoms with Gasteiger partial charge < -0.3 is 0 Å². The highest BCUT2D eigenvalue weighted by Crippen LogP contribution is 2.55. The van der Waals surface area contributed by atoms with Gasteiger partial charge in [0.05, 0.1) is 0 Å². The summed E-state index contributed by atoms with van der Waals surface area (Å²) in [5, 5.41) is 2.79. The SMILES string of the molecule is CC1(C)c2ccccc2-c2ccc(-c3ccc4c(c3)C(C)(C)c3cc(-c5ccc6c(c5)C(C)(C)c5cc(-c7ccc(-c8ccc(-c9ccc%10ccc%11c%12c%10c9CC=C%12CC=C%11)cc8)cc7)ccc5-6)ccc3-4)cc21. The predicted octanol–water partition coefficient (Wildman–Crippen LogP) is 19.5. The fraction of sp³-hybridized carbons (Fsp3) is 0.151. The van der Waals surface area contributed by atoms with E-state index in [1.165, 1.54) is 155 Å². The predicted molar refractivity (Wildman–Crippen MR) is 309 cm³/mol. The highest BCUT2D eigenvalue weighted by molar-refractivity contribution is 6.05. The topological polar surface area (TPSA) is 0 Å². The molecule has 0 amide bonds. The van der Waals surface area contributed by atoms with Crippen LogP contribution in [0.25, 0.3) is 111 Å². The van der Waals surface area contributed by atoms with Crippen molar-refractivity contribution in [2.75, 3.05) is 0 Å². The third-order valence-electron chi connectivity index (χ3n) is 18.2. The summed E-state index contributed by atoms with van der Waals surface area (Å²) in [6, 6.07) is 72.4. The molecule has 0 bridgehead atoms. The third-order valence-corrected chi connectivity index (χ3v) is 18.2. The molecule has 5 aliphatic rings. The van der Waals surface area contributed by atoms with Gasteiger partial charge in [0.2, 0.25) is 0 Å². The van der Waals surface area contributed by atoms with Crippen LogP contribution in [0.3, 0.4) is 0 Å². The van der Waals surface area contributed by atoms with Gasteiger partial charge in [-0.1, -0.05) is 217 Å². The van der Waals surface area contributed by atoms with Crippen molar-refractivity contribution in [2.45, 2.75) is 70.6 Å². The van der Waals surface area contributed by atoms with E-state index in [9.17, 15) is 0 Å². The zero-order valence-corrected chi connectivity index (χ0v) is 42.5. The molecule has 0 unspecified atom stereocenters. The van der Waals surface area contributed by atoms with Crippen LogP contribution < -0.4 is 0 Å². The molecular weight excluding hydrogens is 877 g/mol. The summed E-state index contributed by atoms with van der Waals surface area (Å²) in [4.78, 5) is 0. The number of allylic oxidation sites excluding steroid dienone is 3. The molecule has 10 aromatic rings. The van der Waals surface area contributed by atoms with Crippen LogP contribution in [-0.4, -0.2) is 0 Å². The van der Waals surface area contributed by atoms with Gasteiger partial charge in [0.25, 0.3) is 0 Å². The Balaban J connectivity index is 0.684. The largest absolute Gasteiger partial charge is 0.0795 e. The number of hydrogen-bond acceptors (Lipinski definition) is 0. The van der Waals surface area contributed by atoms with Gasteiger partial charge in [0.15, 0.2) is 0 Å². The Morgan fingerprint density at radius 1 is 0.315 bits per heavy atom. The first-order chi connectivity index (χ1) is 35.4. The third kappa shape index (κ3) is 6.08. The zero-order chi connectivity index (χ0) is 49.1. The van der Waals surface area contributed by atoms with Crippen LogP contribution in [0.1, 0.15) is 98.0 Å². The van der Waals surface area contributed by atoms with Crippen LogP contribution in [0.4, 0.5) is 0 Å². The molecule has 15 rings (SSSR count). The van der Waals surface area contributed by atoms with Crippen LogP contribution in [0, 0.1) is 0 Å². The van der Waals surface area contributed by atoms with E-state index in [1.807, 2.05) is 0 Å². The van der Waals surface area contributed by atoms with Gasteiger partial charge >= 0.3 is 0 Å². The van der Waals surface area contributed by atoms with E-state index >= 15 is 0 Å². The minimum atomic E-state index is -0.144. The first kappa shape index (κ1) is 42.6. The molecule has 0 heterocycles. The Morgan fingerprint density at radius 3 is 1.18 bits per heavy atom. The number of benzene rings is 10. The molecule has 0 saturated heterocycles. The lowest BCUT2D eigenvalue weighted by molar-refractivity contribution is 0.659. The van der Waals surface area contributed by atoms with Gasteiger partial charge in [0.1, 0.15) is 0 Å². The molecule has 0 heteroatoms. The standard InChI is InChI=1S/C73H56/c1-71(2)63-13-8-7-12-56(63)57-33-27-51(39-64(57)71)52-28-35-60-61-36-30-54(42-68(61)73(5,6)67(60)40-52)53-29-34-59-58-32-26-50(38-65(58)72(3,4)66(59)41-53)45-16-14-43(15-17-45)44-18-20-46(21-19-44)55-31-24-49-23-22-47-10-9-11-48-25-37-62(55)70(49)69(47)48/h7-10,12-36,38-42H,11,37H2,1-6H3. The van der Waals surface area contributed by atoms with E-state index < -0.39 is 0 Å². The van der Waals surface area contributed by atoms with Crippen molar-refractivity contribution in [1.29, 1.82) is 0 Å². The van der Waals surface area contributed by atoms with E-state index in [0.29, 0.717) is 0 Å². The van der Waals surface area contributed by atoms with Gasteiger partial charge in [-0.3, -0.25) is 0 Å². The maximum absolute atomic E-state index is 2.48. The van der Waals surface area contributed by atoms with Crippen molar-refractivity contribution in [1.82, 2.24) is 0 Å². The number of fused-ring (bicyclic) bond motifs is 9. The van der Waals surface area contributed by atoms with Gasteiger partial charge in [-0.2, -0.15) is 0 Å². The number of rotatable bonds is 5. The molecule has 0 atom stereocenters. The van der Waals surface area contributed by atoms with Crippen molar-refractivity contribution in [2.24, 2.45) is 0 Å². The molecule has 0 nitrogen and oxygen atoms in total. The number of hydrogen-bond donors (Lipinski definition) is 0. The lowest BCUT2D eigenvalue weighted by Gasteiger charge is -2.25. The van der Waals surface area contributed by atoms with Crippen molar-refractivity contribution >= 4 is 22.4 Å². The second-order valence-corrected chi connectivity index (χ2v) is 23.1. The van der Waals surface area contributed by atoms with Crippen molar-refractivity contribution in [3.63, 3.8) is 0 Å². The second kappa shape index (κ2) is 15.0. The smallest absolute Gasteiger partial charge is 0.0159 e. The minimum absolute atomic E-state index is 0.0240. The Labute approximate surface area is 430 Å². The van der Waals surface area contributed by atoms with Crippen LogP contribution >= 0.6 is 0 Å². The zero-order valence-electron chi connectivity index (χ0n) is 42.5. The first-order valence-corrected chi connectivity index (χ1v) is 26.4. The summed E-state index contributed by atoms with van der Waals surface area (Å²) >= 11 is 0. The molecule has 0 spiro atoms. The van der Waals surface area contributed by atoms with Crippen molar-refractivity contribution in [3.8, 4) is 89.0 Å². The van der Waals surface area contributed by atoms with E-state index in [2.05, 4.69) is 248 Å². The monoisotopic (exact) mass is 932 g/mol. The van der Waals surface area contributed by atoms with E-state index in [1.54, 1.807) is 0 Å². The lowest BCUT2D eigenvalue weighted by Crippen LogP contribution is -2.16. The molecular formula is C73H56. The van der Waals surface area contributed by atoms with Crippen molar-refractivity contribution < 1.29 is 0 Å². The average Bonchev–Trinajstić information content (AvgIpc) is 3.90. The molecule has 0 aromatic heterocycles. The Bertz CT molecular complexity index is 4120. The lowest BCUT2D eigenvalue weighted by atomic mass is 9.79. The Kier molecular flexibility index (Phi) is 8.76. The average molecular weight is 933 g/mol. The fourth-order valence-corrected chi connectivity index (χ4v) is 14.1. The van der Waals surface area contributed by atoms with Crippen LogP contribution in [0.2, 0.25) is 0 Å². The van der Waals surface area contributed by atoms with E-state index in [0.717, 1.165) is 12.8 Å². The first-order valence-electron chi connectivity index (χ1n) is 26.4. The molecule has 10 aromatic carbocycles. The van der Waals surface area contributed by atoms with Gasteiger partial charge in [-0.25, -0.2) is 0 Å². The minimum Gasteiger partial charge on any atom is -0.0795 e. The maximum Gasteiger partial charge on any atom is 0.0159 e. The Hall–Kier alpha value is -8.06. The molecule has 348 valence electrons. The molecule has 73 heavy (non-hydrogen) atoms. The summed E-state index contributed by atoms with van der Waals surface area (Å²) in [6.45, 7) is 14.4. The van der Waals surface area contributed by atoms with Crippen molar-refractivity contribution in [3.05, 3.63) is 250 Å². The fourth-order valence-electron chi connectivity index (χ4n) is 14.1. The van der Waals surface area contributed by atoms with Gasteiger partial charge in [-0.05, 0) is 199 Å². The normalized spacial score (nSPS) is 16.1. The highest BCUT2D eigenvalue weighted by atomic mass is 14.4. The maximum atomic E-state index is 2.48. The highest BCUT2D eigenvalue weighted by Gasteiger charge is 2.39. The second-order valence-electron chi connectivity index (χ2n) is 23.1. The molecule has 0 aliphatic heterocycles. The quantitative estimate of drug-likeness (QED) is 0.161. The van der Waals surface area contributed by atoms with E-state index in [-0.39, 0.29) is 16.2 Å². The summed E-state index contributed by atoms with van der Waals surface area (Å²) < 4.78 is 0. The summed E-state index contributed by atoms with van der Waals surface area (Å²) in [7, 11) is 0. The molecule has 0 radical (unpaired) electrons.